The van der Waals surface area contributed by atoms with E-state index in [9.17, 15) is 19.5 Å². The van der Waals surface area contributed by atoms with Gasteiger partial charge in [-0.25, -0.2) is 0 Å². The molecule has 0 saturated heterocycles. The number of nitrogens with one attached hydrogen (secondary N) is 1. The van der Waals surface area contributed by atoms with E-state index in [4.69, 9.17) is 9.94 Å². The molecule has 26 heavy (non-hydrogen) atoms. The first-order chi connectivity index (χ1) is 12.5. The van der Waals surface area contributed by atoms with Crippen molar-refractivity contribution in [1.29, 1.82) is 0 Å². The highest BCUT2D eigenvalue weighted by molar-refractivity contribution is 6.02. The second-order valence-electron chi connectivity index (χ2n) is 6.36. The normalized spacial score (nSPS) is 14.5. The van der Waals surface area contributed by atoms with E-state index < -0.39 is 35.3 Å². The molecule has 8 heteroatoms. The molecule has 1 heterocycles. The number of amides is 1. The van der Waals surface area contributed by atoms with Crippen LogP contribution in [0.5, 0.6) is 5.75 Å². The zero-order chi connectivity index (χ0) is 18.7. The summed E-state index contributed by atoms with van der Waals surface area (Å²) < 4.78 is 1.02. The van der Waals surface area contributed by atoms with Crippen LogP contribution in [0.3, 0.4) is 0 Å². The fourth-order valence-electron chi connectivity index (χ4n) is 3.23. The van der Waals surface area contributed by atoms with Crippen LogP contribution in [0.2, 0.25) is 0 Å². The summed E-state index contributed by atoms with van der Waals surface area (Å²) in [7, 11) is 0. The van der Waals surface area contributed by atoms with E-state index in [0.717, 1.165) is 30.4 Å². The third-order valence-electron chi connectivity index (χ3n) is 4.55. The number of carbonyl (C=O) groups is 2. The average Bonchev–Trinajstić information content (AvgIpc) is 3.13. The Morgan fingerprint density at radius 1 is 1.23 bits per heavy atom. The molecule has 2 aromatic rings. The van der Waals surface area contributed by atoms with Gasteiger partial charge in [0.05, 0.1) is 5.52 Å². The van der Waals surface area contributed by atoms with E-state index in [1.165, 1.54) is 0 Å². The van der Waals surface area contributed by atoms with Gasteiger partial charge in [0.25, 0.3) is 11.5 Å². The molecule has 3 rings (SSSR count). The summed E-state index contributed by atoms with van der Waals surface area (Å²) in [6.07, 6.45) is 4.30. The predicted octanol–water partition coefficient (Wildman–Crippen LogP) is 1.14. The first-order valence-corrected chi connectivity index (χ1v) is 8.49. The molecule has 1 aliphatic rings. The van der Waals surface area contributed by atoms with Crippen LogP contribution in [0, 0.1) is 5.92 Å². The highest BCUT2D eigenvalue weighted by Gasteiger charge is 2.24. The molecule has 0 radical (unpaired) electrons. The van der Waals surface area contributed by atoms with Crippen molar-refractivity contribution in [3.05, 3.63) is 40.2 Å². The molecule has 138 valence electrons. The lowest BCUT2D eigenvalue weighted by atomic mass is 10.1. The average molecular weight is 360 g/mol. The lowest BCUT2D eigenvalue weighted by Gasteiger charge is -2.17. The van der Waals surface area contributed by atoms with Crippen LogP contribution in [0.15, 0.2) is 29.1 Å². The van der Waals surface area contributed by atoms with Gasteiger partial charge in [0.2, 0.25) is 0 Å². The minimum atomic E-state index is -1.25. The first kappa shape index (κ1) is 17.8. The van der Waals surface area contributed by atoms with E-state index in [1.54, 1.807) is 24.3 Å². The molecule has 8 nitrogen and oxygen atoms in total. The third-order valence-corrected chi connectivity index (χ3v) is 4.55. The van der Waals surface area contributed by atoms with Gasteiger partial charge in [-0.15, -0.1) is 4.73 Å². The predicted molar refractivity (Wildman–Crippen MR) is 93.2 cm³/mol. The number of hydrogen-bond donors (Lipinski definition) is 3. The Hall–Kier alpha value is -3.03. The highest BCUT2D eigenvalue weighted by Crippen LogP contribution is 2.27. The van der Waals surface area contributed by atoms with Gasteiger partial charge in [-0.05, 0) is 30.9 Å². The third kappa shape index (κ3) is 3.49. The Balaban J connectivity index is 2.02. The molecule has 0 atom stereocenters. The Labute approximate surface area is 149 Å². The summed E-state index contributed by atoms with van der Waals surface area (Å²) in [6, 6.07) is 6.53. The number of aromatic hydroxyl groups is 1. The minimum absolute atomic E-state index is 0.277. The van der Waals surface area contributed by atoms with Crippen molar-refractivity contribution in [2.75, 3.05) is 13.2 Å². The lowest BCUT2D eigenvalue weighted by molar-refractivity contribution is -0.135. The molecule has 1 aromatic heterocycles. The number of rotatable bonds is 6. The molecule has 0 bridgehead atoms. The smallest absolute Gasteiger partial charge is 0.322 e. The number of pyridine rings is 1. The summed E-state index contributed by atoms with van der Waals surface area (Å²) in [5.74, 6) is -2.36. The maximum Gasteiger partial charge on any atom is 0.322 e. The Morgan fingerprint density at radius 2 is 1.92 bits per heavy atom. The van der Waals surface area contributed by atoms with Crippen LogP contribution in [-0.2, 0) is 4.79 Å². The molecule has 1 amide bonds. The number of carbonyl (C=O) groups excluding carboxylic acids is 1. The highest BCUT2D eigenvalue weighted by atomic mass is 16.7. The fourth-order valence-corrected chi connectivity index (χ4v) is 3.23. The lowest BCUT2D eigenvalue weighted by Crippen LogP contribution is -2.38. The molecule has 1 aliphatic carbocycles. The monoisotopic (exact) mass is 360 g/mol. The zero-order valence-corrected chi connectivity index (χ0v) is 14.1. The molecule has 0 unspecified atom stereocenters. The van der Waals surface area contributed by atoms with Crippen LogP contribution in [0.25, 0.3) is 10.9 Å². The number of aromatic nitrogens is 1. The van der Waals surface area contributed by atoms with Crippen LogP contribution in [-0.4, -0.2) is 40.0 Å². The van der Waals surface area contributed by atoms with Crippen molar-refractivity contribution in [3.63, 3.8) is 0 Å². The Bertz CT molecular complexity index is 898. The number of hydrogen-bond acceptors (Lipinski definition) is 5. The van der Waals surface area contributed by atoms with Gasteiger partial charge in [0.15, 0.2) is 5.56 Å². The second kappa shape index (κ2) is 7.47. The van der Waals surface area contributed by atoms with Crippen LogP contribution in [0.4, 0.5) is 0 Å². The van der Waals surface area contributed by atoms with Crippen molar-refractivity contribution < 1.29 is 24.6 Å². The van der Waals surface area contributed by atoms with Gasteiger partial charge >= 0.3 is 5.97 Å². The van der Waals surface area contributed by atoms with E-state index in [2.05, 4.69) is 5.32 Å². The number of aliphatic carboxylic acids is 1. The number of para-hydroxylation sites is 1. The maximum absolute atomic E-state index is 12.8. The van der Waals surface area contributed by atoms with Gasteiger partial charge in [-0.1, -0.05) is 25.0 Å². The molecule has 3 N–H and O–H groups in total. The van der Waals surface area contributed by atoms with E-state index in [0.29, 0.717) is 18.0 Å². The van der Waals surface area contributed by atoms with Crippen molar-refractivity contribution in [2.24, 2.45) is 5.92 Å². The SMILES string of the molecule is O=C(O)CNC(=O)c1c(O)c2ccccc2n(OCC2CCCC2)c1=O. The standard InChI is InChI=1S/C18H20N2O6/c21-14(22)9-19-17(24)15-16(23)12-7-3-4-8-13(12)20(18(15)25)26-10-11-5-1-2-6-11/h3-4,7-8,11,23H,1-2,5-6,9-10H2,(H,19,24)(H,21,22). The summed E-state index contributed by atoms with van der Waals surface area (Å²) in [5.41, 5.74) is -0.999. The Kier molecular flexibility index (Phi) is 5.11. The molecule has 1 aromatic carbocycles. The van der Waals surface area contributed by atoms with Crippen LogP contribution < -0.4 is 15.7 Å². The van der Waals surface area contributed by atoms with Gasteiger partial charge in [-0.2, -0.15) is 0 Å². The maximum atomic E-state index is 12.8. The van der Waals surface area contributed by atoms with Gasteiger partial charge < -0.3 is 20.4 Å². The van der Waals surface area contributed by atoms with Gasteiger partial charge in [0, 0.05) is 5.39 Å². The fraction of sp³-hybridized carbons (Fsp3) is 0.389. The summed E-state index contributed by atoms with van der Waals surface area (Å²) >= 11 is 0. The quantitative estimate of drug-likeness (QED) is 0.711. The summed E-state index contributed by atoms with van der Waals surface area (Å²) in [4.78, 5) is 41.4. The largest absolute Gasteiger partial charge is 0.506 e. The van der Waals surface area contributed by atoms with Crippen LogP contribution in [0.1, 0.15) is 36.0 Å². The van der Waals surface area contributed by atoms with Crippen molar-refractivity contribution >= 4 is 22.8 Å². The summed E-state index contributed by atoms with van der Waals surface area (Å²) in [5, 5.41) is 21.5. The molecule has 1 fully saturated rings. The van der Waals surface area contributed by atoms with Gasteiger partial charge in [-0.3, -0.25) is 14.4 Å². The van der Waals surface area contributed by atoms with E-state index in [-0.39, 0.29) is 5.39 Å². The van der Waals surface area contributed by atoms with Crippen LogP contribution >= 0.6 is 0 Å². The second-order valence-corrected chi connectivity index (χ2v) is 6.36. The molecular weight excluding hydrogens is 340 g/mol. The molecular formula is C18H20N2O6. The molecule has 0 spiro atoms. The number of carboxylic acid groups (broad SMARTS) is 1. The number of carboxylic acids is 1. The van der Waals surface area contributed by atoms with Crippen molar-refractivity contribution in [2.45, 2.75) is 25.7 Å². The van der Waals surface area contributed by atoms with E-state index in [1.807, 2.05) is 0 Å². The number of nitrogens with zero attached hydrogens (tertiary/aromatic N) is 1. The zero-order valence-electron chi connectivity index (χ0n) is 14.1. The van der Waals surface area contributed by atoms with Crippen molar-refractivity contribution in [1.82, 2.24) is 10.0 Å². The number of fused-ring (bicyclic) bond motifs is 1. The molecule has 1 saturated carbocycles. The molecule has 0 aliphatic heterocycles. The topological polar surface area (TPSA) is 118 Å². The van der Waals surface area contributed by atoms with Crippen molar-refractivity contribution in [3.8, 4) is 5.75 Å². The van der Waals surface area contributed by atoms with E-state index >= 15 is 0 Å². The summed E-state index contributed by atoms with van der Waals surface area (Å²) in [6.45, 7) is -0.321. The minimum Gasteiger partial charge on any atom is -0.506 e. The number of benzene rings is 1. The van der Waals surface area contributed by atoms with Gasteiger partial charge in [0.1, 0.15) is 18.9 Å². The first-order valence-electron chi connectivity index (χ1n) is 8.49. The Morgan fingerprint density at radius 3 is 2.62 bits per heavy atom.